The molecule has 2 aromatic carbocycles. The van der Waals surface area contributed by atoms with Gasteiger partial charge in [0.25, 0.3) is 0 Å². The predicted molar refractivity (Wildman–Crippen MR) is 128 cm³/mol. The normalized spacial score (nSPS) is 16.2. The van der Waals surface area contributed by atoms with Crippen LogP contribution in [-0.4, -0.2) is 53.2 Å². The lowest BCUT2D eigenvalue weighted by atomic mass is 9.98. The quantitative estimate of drug-likeness (QED) is 0.543. The van der Waals surface area contributed by atoms with Gasteiger partial charge in [0.15, 0.2) is 0 Å². The van der Waals surface area contributed by atoms with E-state index < -0.39 is 18.1 Å². The maximum atomic E-state index is 12.8. The number of nitrogens with zero attached hydrogens (tertiary/aromatic N) is 1. The highest BCUT2D eigenvalue weighted by atomic mass is 16.5. The van der Waals surface area contributed by atoms with E-state index in [1.54, 1.807) is 6.92 Å². The number of nitrogens with one attached hydrogen (secondary N) is 1. The van der Waals surface area contributed by atoms with Gasteiger partial charge in [0, 0.05) is 24.9 Å². The lowest BCUT2D eigenvalue weighted by Gasteiger charge is -2.28. The van der Waals surface area contributed by atoms with E-state index in [2.05, 4.69) is 29.6 Å². The number of carbonyl (C=O) groups excluding carboxylic acids is 2. The second kappa shape index (κ2) is 10.3. The number of carboxylic acid groups (broad SMARTS) is 1. The standard InChI is InChI=1S/C27H32N2O5/c1-3-18(14-25(30)29(19-12-13-19)17(2)26(31)32)15-28-27(33)34-16-24-22-10-6-4-8-20(22)21-9-5-7-11-23(21)24/h4-11,17-19,24H,3,12-16H2,1-2H3,(H,28,33)(H,31,32). The minimum Gasteiger partial charge on any atom is -0.480 e. The lowest BCUT2D eigenvalue weighted by Crippen LogP contribution is -2.45. The summed E-state index contributed by atoms with van der Waals surface area (Å²) in [7, 11) is 0. The minimum absolute atomic E-state index is 0.00805. The first-order valence-corrected chi connectivity index (χ1v) is 12.0. The van der Waals surface area contributed by atoms with Crippen LogP contribution in [0.4, 0.5) is 4.79 Å². The Morgan fingerprint density at radius 2 is 1.65 bits per heavy atom. The van der Waals surface area contributed by atoms with Crippen LogP contribution in [0.15, 0.2) is 48.5 Å². The van der Waals surface area contributed by atoms with Crippen LogP contribution in [0, 0.1) is 5.92 Å². The largest absolute Gasteiger partial charge is 0.480 e. The van der Waals surface area contributed by atoms with E-state index in [4.69, 9.17) is 4.74 Å². The highest BCUT2D eigenvalue weighted by molar-refractivity contribution is 5.84. The van der Waals surface area contributed by atoms with Crippen LogP contribution in [0.3, 0.4) is 0 Å². The first-order valence-electron chi connectivity index (χ1n) is 12.0. The number of rotatable bonds is 10. The monoisotopic (exact) mass is 464 g/mol. The third-order valence-corrected chi connectivity index (χ3v) is 6.92. The molecule has 2 unspecified atom stereocenters. The molecule has 2 N–H and O–H groups in total. The first kappa shape index (κ1) is 23.8. The average Bonchev–Trinajstić information content (AvgIpc) is 3.62. The molecule has 0 aliphatic heterocycles. The molecule has 2 aliphatic carbocycles. The molecular formula is C27H32N2O5. The van der Waals surface area contributed by atoms with Crippen molar-refractivity contribution in [3.8, 4) is 11.1 Å². The Hall–Kier alpha value is -3.35. The third kappa shape index (κ3) is 5.08. The highest BCUT2D eigenvalue weighted by Crippen LogP contribution is 2.44. The van der Waals surface area contributed by atoms with Crippen LogP contribution in [0.25, 0.3) is 11.1 Å². The second-order valence-corrected chi connectivity index (χ2v) is 9.23. The Kier molecular flexibility index (Phi) is 7.20. The summed E-state index contributed by atoms with van der Waals surface area (Å²) in [5.74, 6) is -1.26. The van der Waals surface area contributed by atoms with Gasteiger partial charge in [-0.3, -0.25) is 4.79 Å². The molecule has 0 bridgehead atoms. The number of hydrogen-bond acceptors (Lipinski definition) is 4. The maximum absolute atomic E-state index is 12.8. The number of aliphatic carboxylic acids is 1. The molecule has 4 rings (SSSR count). The van der Waals surface area contributed by atoms with E-state index in [1.165, 1.54) is 16.0 Å². The number of hydrogen-bond donors (Lipinski definition) is 2. The van der Waals surface area contributed by atoms with Gasteiger partial charge in [-0.15, -0.1) is 0 Å². The molecule has 2 atom stereocenters. The summed E-state index contributed by atoms with van der Waals surface area (Å²) in [6.07, 6.45) is 2.07. The molecule has 0 spiro atoms. The maximum Gasteiger partial charge on any atom is 0.407 e. The van der Waals surface area contributed by atoms with Gasteiger partial charge >= 0.3 is 12.1 Å². The Labute approximate surface area is 200 Å². The molecule has 7 nitrogen and oxygen atoms in total. The zero-order chi connectivity index (χ0) is 24.2. The van der Waals surface area contributed by atoms with Crippen molar-refractivity contribution < 1.29 is 24.2 Å². The van der Waals surface area contributed by atoms with E-state index in [9.17, 15) is 19.5 Å². The topological polar surface area (TPSA) is 95.9 Å². The van der Waals surface area contributed by atoms with E-state index in [1.807, 2.05) is 31.2 Å². The molecule has 0 saturated heterocycles. The van der Waals surface area contributed by atoms with Gasteiger partial charge in [-0.2, -0.15) is 0 Å². The molecule has 0 aromatic heterocycles. The molecule has 180 valence electrons. The molecule has 2 aromatic rings. The Balaban J connectivity index is 1.30. The van der Waals surface area contributed by atoms with Crippen molar-refractivity contribution in [2.75, 3.05) is 13.2 Å². The minimum atomic E-state index is -0.995. The Bertz CT molecular complexity index is 1020. The van der Waals surface area contributed by atoms with Gasteiger partial charge in [0.2, 0.25) is 5.91 Å². The molecule has 1 fully saturated rings. The van der Waals surface area contributed by atoms with Crippen molar-refractivity contribution >= 4 is 18.0 Å². The second-order valence-electron chi connectivity index (χ2n) is 9.23. The van der Waals surface area contributed by atoms with Crippen molar-refractivity contribution in [2.45, 2.75) is 57.5 Å². The SMILES string of the molecule is CCC(CNC(=O)OCC1c2ccccc2-c2ccccc21)CC(=O)N(C1CC1)C(C)C(=O)O. The summed E-state index contributed by atoms with van der Waals surface area (Å²) in [6, 6.07) is 15.5. The van der Waals surface area contributed by atoms with Gasteiger partial charge in [0.1, 0.15) is 12.6 Å². The van der Waals surface area contributed by atoms with Crippen LogP contribution in [0.1, 0.15) is 56.6 Å². The van der Waals surface area contributed by atoms with Crippen LogP contribution in [0.5, 0.6) is 0 Å². The number of alkyl carbamates (subject to hydrolysis) is 1. The van der Waals surface area contributed by atoms with Crippen LogP contribution >= 0.6 is 0 Å². The first-order chi connectivity index (χ1) is 16.4. The van der Waals surface area contributed by atoms with Crippen LogP contribution < -0.4 is 5.32 Å². The van der Waals surface area contributed by atoms with Gasteiger partial charge in [-0.1, -0.05) is 61.9 Å². The van der Waals surface area contributed by atoms with Crippen molar-refractivity contribution in [1.82, 2.24) is 10.2 Å². The van der Waals surface area contributed by atoms with Crippen LogP contribution in [-0.2, 0) is 14.3 Å². The third-order valence-electron chi connectivity index (χ3n) is 6.92. The summed E-state index contributed by atoms with van der Waals surface area (Å²) < 4.78 is 5.58. The number of ether oxygens (including phenoxy) is 1. The van der Waals surface area contributed by atoms with Crippen molar-refractivity contribution in [3.63, 3.8) is 0 Å². The highest BCUT2D eigenvalue weighted by Gasteiger charge is 2.38. The van der Waals surface area contributed by atoms with Gasteiger partial charge in [0.05, 0.1) is 0 Å². The molecule has 7 heteroatoms. The predicted octanol–water partition coefficient (Wildman–Crippen LogP) is 4.41. The average molecular weight is 465 g/mol. The lowest BCUT2D eigenvalue weighted by molar-refractivity contribution is -0.150. The van der Waals surface area contributed by atoms with Gasteiger partial charge in [-0.05, 0) is 47.9 Å². The molecule has 34 heavy (non-hydrogen) atoms. The summed E-state index contributed by atoms with van der Waals surface area (Å²) in [6.45, 7) is 4.05. The number of carboxylic acids is 1. The molecule has 2 amide bonds. The Morgan fingerprint density at radius 1 is 1.06 bits per heavy atom. The fourth-order valence-corrected chi connectivity index (χ4v) is 4.80. The number of benzene rings is 2. The van der Waals surface area contributed by atoms with Crippen molar-refractivity contribution in [2.24, 2.45) is 5.92 Å². The summed E-state index contributed by atoms with van der Waals surface area (Å²) in [4.78, 5) is 38.2. The summed E-state index contributed by atoms with van der Waals surface area (Å²) in [5, 5.41) is 12.1. The molecular weight excluding hydrogens is 432 g/mol. The zero-order valence-electron chi connectivity index (χ0n) is 19.7. The smallest absolute Gasteiger partial charge is 0.407 e. The molecule has 2 aliphatic rings. The van der Waals surface area contributed by atoms with E-state index in [0.717, 1.165) is 24.0 Å². The van der Waals surface area contributed by atoms with Crippen LogP contribution in [0.2, 0.25) is 0 Å². The summed E-state index contributed by atoms with van der Waals surface area (Å²) >= 11 is 0. The zero-order valence-corrected chi connectivity index (χ0v) is 19.7. The number of fused-ring (bicyclic) bond motifs is 3. The number of carbonyl (C=O) groups is 3. The van der Waals surface area contributed by atoms with E-state index in [0.29, 0.717) is 13.0 Å². The van der Waals surface area contributed by atoms with Gasteiger partial charge < -0.3 is 20.1 Å². The fourth-order valence-electron chi connectivity index (χ4n) is 4.80. The Morgan fingerprint density at radius 3 is 2.18 bits per heavy atom. The number of amides is 2. The molecule has 1 saturated carbocycles. The van der Waals surface area contributed by atoms with Crippen molar-refractivity contribution in [3.05, 3.63) is 59.7 Å². The van der Waals surface area contributed by atoms with E-state index >= 15 is 0 Å². The fraction of sp³-hybridized carbons (Fsp3) is 0.444. The molecule has 0 heterocycles. The van der Waals surface area contributed by atoms with Crippen molar-refractivity contribution in [1.29, 1.82) is 0 Å². The summed E-state index contributed by atoms with van der Waals surface area (Å²) in [5.41, 5.74) is 4.66. The molecule has 0 radical (unpaired) electrons. The van der Waals surface area contributed by atoms with Gasteiger partial charge in [-0.25, -0.2) is 9.59 Å². The van der Waals surface area contributed by atoms with E-state index in [-0.39, 0.29) is 36.8 Å².